The van der Waals surface area contributed by atoms with E-state index < -0.39 is 27.7 Å². The molecular weight excluding hydrogens is 658 g/mol. The van der Waals surface area contributed by atoms with Crippen LogP contribution in [-0.2, 0) is 27.5 Å². The van der Waals surface area contributed by atoms with Gasteiger partial charge in [-0.3, -0.25) is 14.2 Å². The number of amides is 2. The van der Waals surface area contributed by atoms with E-state index in [1.807, 2.05) is 0 Å². The van der Waals surface area contributed by atoms with Crippen LogP contribution in [0, 0.1) is 0 Å². The fourth-order valence-electron chi connectivity index (χ4n) is 4.88. The van der Waals surface area contributed by atoms with Crippen molar-refractivity contribution in [3.63, 3.8) is 0 Å². The molecule has 1 aliphatic rings. The summed E-state index contributed by atoms with van der Waals surface area (Å²) in [6, 6.07) is 16.8. The smallest absolute Gasteiger partial charge is 0.416 e. The average molecular weight is 689 g/mol. The van der Waals surface area contributed by atoms with E-state index in [9.17, 15) is 31.2 Å². The molecule has 0 aliphatic carbocycles. The van der Waals surface area contributed by atoms with E-state index in [0.29, 0.717) is 24.5 Å². The number of carbonyl (C=O) groups is 2. The Bertz CT molecular complexity index is 1830. The zero-order chi connectivity index (χ0) is 33.6. The van der Waals surface area contributed by atoms with Crippen molar-refractivity contribution in [1.29, 1.82) is 0 Å². The number of piperidine rings is 1. The van der Waals surface area contributed by atoms with E-state index in [1.54, 1.807) is 24.3 Å². The van der Waals surface area contributed by atoms with E-state index in [0.717, 1.165) is 43.2 Å². The predicted octanol–water partition coefficient (Wildman–Crippen LogP) is 5.13. The highest BCUT2D eigenvalue weighted by atomic mass is 32.2. The molecule has 16 heteroatoms. The van der Waals surface area contributed by atoms with Crippen molar-refractivity contribution in [2.45, 2.75) is 42.0 Å². The van der Waals surface area contributed by atoms with Crippen LogP contribution in [0.1, 0.15) is 41.0 Å². The van der Waals surface area contributed by atoms with Crippen LogP contribution in [0.3, 0.4) is 0 Å². The third-order valence-corrected chi connectivity index (χ3v) is 10.2. The number of alkyl halides is 3. The molecule has 47 heavy (non-hydrogen) atoms. The van der Waals surface area contributed by atoms with Gasteiger partial charge in [-0.25, -0.2) is 8.42 Å². The minimum Gasteiger partial charge on any atom is -0.497 e. The third kappa shape index (κ3) is 8.31. The van der Waals surface area contributed by atoms with Crippen LogP contribution in [-0.4, -0.2) is 65.3 Å². The summed E-state index contributed by atoms with van der Waals surface area (Å²) in [6.45, 7) is 0.671. The summed E-state index contributed by atoms with van der Waals surface area (Å²) in [6.07, 6.45) is -2.05. The average Bonchev–Trinajstić information content (AvgIpc) is 3.49. The molecule has 0 spiro atoms. The highest BCUT2D eigenvalue weighted by Crippen LogP contribution is 2.32. The monoisotopic (exact) mass is 688 g/mol. The maximum Gasteiger partial charge on any atom is 0.416 e. The number of aromatic nitrogens is 3. The summed E-state index contributed by atoms with van der Waals surface area (Å²) in [5.41, 5.74) is -0.111. The van der Waals surface area contributed by atoms with E-state index in [2.05, 4.69) is 20.8 Å². The Labute approximate surface area is 273 Å². The second kappa shape index (κ2) is 14.6. The number of hydrogen-bond donors (Lipinski definition) is 2. The van der Waals surface area contributed by atoms with Crippen LogP contribution in [0.5, 0.6) is 5.75 Å². The molecule has 11 nitrogen and oxygen atoms in total. The summed E-state index contributed by atoms with van der Waals surface area (Å²) in [5, 5.41) is 13.7. The number of rotatable bonds is 11. The fraction of sp³-hybridized carbons (Fsp3) is 0.290. The van der Waals surface area contributed by atoms with Gasteiger partial charge in [-0.15, -0.1) is 10.2 Å². The molecule has 4 aromatic rings. The summed E-state index contributed by atoms with van der Waals surface area (Å²) in [4.78, 5) is 25.7. The summed E-state index contributed by atoms with van der Waals surface area (Å²) in [5.74, 6) is -0.357. The number of hydrogen-bond acceptors (Lipinski definition) is 8. The van der Waals surface area contributed by atoms with E-state index in [1.165, 1.54) is 52.4 Å². The zero-order valence-electron chi connectivity index (χ0n) is 25.2. The van der Waals surface area contributed by atoms with Crippen LogP contribution in [0.4, 0.5) is 18.9 Å². The Kier molecular flexibility index (Phi) is 10.5. The van der Waals surface area contributed by atoms with Crippen molar-refractivity contribution in [2.75, 3.05) is 31.3 Å². The van der Waals surface area contributed by atoms with Gasteiger partial charge in [0.15, 0.2) is 11.0 Å². The van der Waals surface area contributed by atoms with Crippen molar-refractivity contribution >= 4 is 39.3 Å². The Hall–Kier alpha value is -4.41. The molecule has 248 valence electrons. The largest absolute Gasteiger partial charge is 0.497 e. The molecule has 1 saturated heterocycles. The van der Waals surface area contributed by atoms with Gasteiger partial charge in [0, 0.05) is 24.3 Å². The lowest BCUT2D eigenvalue weighted by molar-refractivity contribution is -0.137. The number of halogens is 3. The first kappa shape index (κ1) is 33.9. The highest BCUT2D eigenvalue weighted by molar-refractivity contribution is 7.99. The van der Waals surface area contributed by atoms with Crippen LogP contribution >= 0.6 is 11.8 Å². The fourth-order valence-corrected chi connectivity index (χ4v) is 7.17. The Morgan fingerprint density at radius 3 is 2.32 bits per heavy atom. The molecule has 0 unspecified atom stereocenters. The van der Waals surface area contributed by atoms with Gasteiger partial charge in [0.25, 0.3) is 5.91 Å². The number of nitrogens with zero attached hydrogens (tertiary/aromatic N) is 4. The molecule has 2 amide bonds. The lowest BCUT2D eigenvalue weighted by Gasteiger charge is -2.25. The number of nitrogens with one attached hydrogen (secondary N) is 2. The second-order valence-corrected chi connectivity index (χ2v) is 13.4. The van der Waals surface area contributed by atoms with E-state index >= 15 is 0 Å². The first-order valence-electron chi connectivity index (χ1n) is 14.5. The maximum absolute atomic E-state index is 13.6. The molecule has 2 N–H and O–H groups in total. The second-order valence-electron chi connectivity index (χ2n) is 10.5. The number of benzene rings is 3. The molecule has 0 bridgehead atoms. The van der Waals surface area contributed by atoms with Crippen molar-refractivity contribution in [1.82, 2.24) is 24.4 Å². The number of carbonyl (C=O) groups excluding carboxylic acids is 2. The molecule has 1 aliphatic heterocycles. The standard InChI is InChI=1S/C31H31F3N6O5S2/c1-45-25-12-10-23(11-13-25)36-28(41)20-46-30-38-37-27(40(30)24-7-5-6-22(18-24)31(32,33)34)19-35-29(42)21-8-14-26(15-9-21)47(43,44)39-16-3-2-4-17-39/h5-15,18H,2-4,16-17,19-20H2,1H3,(H,35,42)(H,36,41). The zero-order valence-corrected chi connectivity index (χ0v) is 26.8. The van der Waals surface area contributed by atoms with Crippen LogP contribution in [0.15, 0.2) is 82.8 Å². The number of thioether (sulfide) groups is 1. The molecule has 0 radical (unpaired) electrons. The van der Waals surface area contributed by atoms with Gasteiger partial charge in [0.2, 0.25) is 15.9 Å². The van der Waals surface area contributed by atoms with Gasteiger partial charge >= 0.3 is 6.18 Å². The minimum absolute atomic E-state index is 0.0814. The van der Waals surface area contributed by atoms with Crippen LogP contribution in [0.25, 0.3) is 5.69 Å². The Balaban J connectivity index is 1.32. The van der Waals surface area contributed by atoms with Crippen molar-refractivity contribution < 1.29 is 35.9 Å². The SMILES string of the molecule is COc1ccc(NC(=O)CSc2nnc(CNC(=O)c3ccc(S(=O)(=O)N4CCCCC4)cc3)n2-c2cccc(C(F)(F)F)c2)cc1. The highest BCUT2D eigenvalue weighted by Gasteiger charge is 2.31. The van der Waals surface area contributed by atoms with E-state index in [-0.39, 0.29) is 45.3 Å². The summed E-state index contributed by atoms with van der Waals surface area (Å²) >= 11 is 0.955. The molecular formula is C31H31F3N6O5S2. The lowest BCUT2D eigenvalue weighted by Crippen LogP contribution is -2.35. The predicted molar refractivity (Wildman–Crippen MR) is 169 cm³/mol. The van der Waals surface area contributed by atoms with Crippen molar-refractivity contribution in [3.8, 4) is 11.4 Å². The molecule has 1 aromatic heterocycles. The molecule has 0 atom stereocenters. The summed E-state index contributed by atoms with van der Waals surface area (Å²) < 4.78 is 74.5. The van der Waals surface area contributed by atoms with Gasteiger partial charge in [-0.05, 0) is 79.6 Å². The van der Waals surface area contributed by atoms with Crippen LogP contribution < -0.4 is 15.4 Å². The number of sulfonamides is 1. The first-order chi connectivity index (χ1) is 22.5. The molecule has 0 saturated carbocycles. The van der Waals surface area contributed by atoms with Gasteiger partial charge in [0.1, 0.15) is 5.75 Å². The lowest BCUT2D eigenvalue weighted by atomic mass is 10.2. The molecule has 3 aromatic carbocycles. The maximum atomic E-state index is 13.6. The van der Waals surface area contributed by atoms with Crippen LogP contribution in [0.2, 0.25) is 0 Å². The quantitative estimate of drug-likeness (QED) is 0.207. The Morgan fingerprint density at radius 2 is 1.66 bits per heavy atom. The van der Waals surface area contributed by atoms with Gasteiger partial charge in [0.05, 0.1) is 35.6 Å². The van der Waals surface area contributed by atoms with Crippen molar-refractivity contribution in [3.05, 3.63) is 89.7 Å². The van der Waals surface area contributed by atoms with Crippen molar-refractivity contribution in [2.24, 2.45) is 0 Å². The molecule has 2 heterocycles. The number of ether oxygens (including phenoxy) is 1. The first-order valence-corrected chi connectivity index (χ1v) is 17.0. The Morgan fingerprint density at radius 1 is 0.957 bits per heavy atom. The number of anilines is 1. The van der Waals surface area contributed by atoms with Gasteiger partial charge < -0.3 is 15.4 Å². The third-order valence-electron chi connectivity index (χ3n) is 7.31. The number of methoxy groups -OCH3 is 1. The van der Waals surface area contributed by atoms with E-state index in [4.69, 9.17) is 4.74 Å². The normalized spacial score (nSPS) is 14.0. The topological polar surface area (TPSA) is 136 Å². The molecule has 5 rings (SSSR count). The van der Waals surface area contributed by atoms with Gasteiger partial charge in [-0.1, -0.05) is 24.2 Å². The minimum atomic E-state index is -4.61. The van der Waals surface area contributed by atoms with Gasteiger partial charge in [-0.2, -0.15) is 17.5 Å². The summed E-state index contributed by atoms with van der Waals surface area (Å²) in [7, 11) is -2.15. The molecule has 1 fully saturated rings.